The molecule has 3 amide bonds. The third-order valence-electron chi connectivity index (χ3n) is 4.60. The fraction of sp³-hybridized carbons (Fsp3) is 0.150. The fourth-order valence-electron chi connectivity index (χ4n) is 3.09. The summed E-state index contributed by atoms with van der Waals surface area (Å²) in [7, 11) is -3.29. The van der Waals surface area contributed by atoms with E-state index in [0.29, 0.717) is 0 Å². The van der Waals surface area contributed by atoms with Crippen molar-refractivity contribution >= 4 is 33.6 Å². The quantitative estimate of drug-likeness (QED) is 0.566. The average molecular weight is 440 g/mol. The monoisotopic (exact) mass is 440 g/mol. The van der Waals surface area contributed by atoms with E-state index >= 15 is 0 Å². The van der Waals surface area contributed by atoms with E-state index in [4.69, 9.17) is 4.42 Å². The Kier molecular flexibility index (Phi) is 5.11. The van der Waals surface area contributed by atoms with Crippen LogP contribution in [0.3, 0.4) is 0 Å². The van der Waals surface area contributed by atoms with Gasteiger partial charge in [-0.2, -0.15) is 0 Å². The minimum absolute atomic E-state index is 0.177. The summed E-state index contributed by atoms with van der Waals surface area (Å²) >= 11 is 0. The first-order chi connectivity index (χ1) is 14.7. The fourth-order valence-corrected chi connectivity index (χ4v) is 3.72. The van der Waals surface area contributed by atoms with Gasteiger partial charge in [-0.25, -0.2) is 8.42 Å². The molecule has 2 aromatic carbocycles. The number of aromatic nitrogens is 2. The van der Waals surface area contributed by atoms with Gasteiger partial charge in [0, 0.05) is 6.26 Å². The van der Waals surface area contributed by atoms with Crippen LogP contribution in [0.5, 0.6) is 0 Å². The molecule has 11 heteroatoms. The van der Waals surface area contributed by atoms with E-state index in [0.717, 1.165) is 16.7 Å². The van der Waals surface area contributed by atoms with Crippen LogP contribution in [0.1, 0.15) is 32.2 Å². The zero-order chi connectivity index (χ0) is 22.2. The van der Waals surface area contributed by atoms with E-state index < -0.39 is 34.1 Å². The van der Waals surface area contributed by atoms with Crippen LogP contribution in [-0.4, -0.2) is 54.0 Å². The molecule has 0 unspecified atom stereocenters. The van der Waals surface area contributed by atoms with Crippen molar-refractivity contribution < 1.29 is 27.2 Å². The van der Waals surface area contributed by atoms with Crippen molar-refractivity contribution in [2.45, 2.75) is 11.3 Å². The molecule has 1 aromatic heterocycles. The largest absolute Gasteiger partial charge is 0.407 e. The maximum atomic E-state index is 12.3. The summed E-state index contributed by atoms with van der Waals surface area (Å²) in [6.45, 7) is -0.489. The van der Waals surface area contributed by atoms with Gasteiger partial charge in [-0.1, -0.05) is 29.4 Å². The summed E-state index contributed by atoms with van der Waals surface area (Å²) in [5.74, 6) is -1.55. The Labute approximate surface area is 176 Å². The molecule has 0 saturated carbocycles. The lowest BCUT2D eigenvalue weighted by molar-refractivity contribution is -0.116. The van der Waals surface area contributed by atoms with Gasteiger partial charge in [0.25, 0.3) is 11.8 Å². The minimum atomic E-state index is -3.29. The third kappa shape index (κ3) is 4.21. The summed E-state index contributed by atoms with van der Waals surface area (Å²) in [4.78, 5) is 38.0. The zero-order valence-electron chi connectivity index (χ0n) is 16.2. The summed E-state index contributed by atoms with van der Waals surface area (Å²) < 4.78 is 28.4. The van der Waals surface area contributed by atoms with Crippen LogP contribution >= 0.6 is 0 Å². The lowest BCUT2D eigenvalue weighted by Gasteiger charge is -2.12. The summed E-state index contributed by atoms with van der Waals surface area (Å²) in [5.41, 5.74) is 1.24. The standard InChI is InChI=1S/C20H16N4O6S/c1-31(28,29)13-8-6-12(7-9-13)10-17-22-23-20(30-17)21-16(25)11-24-18(26)14-4-2-3-5-15(14)19(24)27/h2-9H,10-11H2,1H3,(H,21,23,25). The highest BCUT2D eigenvalue weighted by Gasteiger charge is 2.36. The highest BCUT2D eigenvalue weighted by Crippen LogP contribution is 2.22. The highest BCUT2D eigenvalue weighted by molar-refractivity contribution is 7.90. The number of hydrogen-bond donors (Lipinski definition) is 1. The van der Waals surface area contributed by atoms with Gasteiger partial charge < -0.3 is 4.42 Å². The number of nitrogens with zero attached hydrogens (tertiary/aromatic N) is 3. The average Bonchev–Trinajstić information content (AvgIpc) is 3.26. The zero-order valence-corrected chi connectivity index (χ0v) is 17.0. The summed E-state index contributed by atoms with van der Waals surface area (Å²) in [6.07, 6.45) is 1.35. The van der Waals surface area contributed by atoms with E-state index in [-0.39, 0.29) is 34.3 Å². The van der Waals surface area contributed by atoms with Gasteiger partial charge in [0.1, 0.15) is 6.54 Å². The first-order valence-corrected chi connectivity index (χ1v) is 11.0. The smallest absolute Gasteiger partial charge is 0.322 e. The molecular weight excluding hydrogens is 424 g/mol. The molecule has 1 N–H and O–H groups in total. The molecule has 0 spiro atoms. The van der Waals surface area contributed by atoms with E-state index in [2.05, 4.69) is 15.5 Å². The Morgan fingerprint density at radius 1 is 1.00 bits per heavy atom. The van der Waals surface area contributed by atoms with Crippen molar-refractivity contribution in [1.82, 2.24) is 15.1 Å². The van der Waals surface area contributed by atoms with Crippen LogP contribution < -0.4 is 5.32 Å². The predicted octanol–water partition coefficient (Wildman–Crippen LogP) is 1.30. The molecule has 31 heavy (non-hydrogen) atoms. The molecule has 2 heterocycles. The molecule has 158 valence electrons. The number of amides is 3. The number of nitrogens with one attached hydrogen (secondary N) is 1. The summed E-state index contributed by atoms with van der Waals surface area (Å²) in [5, 5.41) is 9.93. The van der Waals surface area contributed by atoms with Crippen LogP contribution in [0.15, 0.2) is 57.8 Å². The molecule has 0 atom stereocenters. The van der Waals surface area contributed by atoms with Gasteiger partial charge in [0.05, 0.1) is 22.4 Å². The Bertz CT molecular complexity index is 1260. The van der Waals surface area contributed by atoms with Gasteiger partial charge in [-0.3, -0.25) is 24.6 Å². The van der Waals surface area contributed by atoms with E-state index in [1.165, 1.54) is 24.3 Å². The number of carbonyl (C=O) groups is 3. The second-order valence-electron chi connectivity index (χ2n) is 6.88. The molecule has 1 aliphatic heterocycles. The molecule has 0 fully saturated rings. The van der Waals surface area contributed by atoms with Crippen LogP contribution in [-0.2, 0) is 21.1 Å². The molecule has 1 aliphatic rings. The van der Waals surface area contributed by atoms with Gasteiger partial charge in [-0.05, 0) is 29.8 Å². The molecule has 0 radical (unpaired) electrons. The number of rotatable bonds is 6. The van der Waals surface area contributed by atoms with E-state index in [9.17, 15) is 22.8 Å². The van der Waals surface area contributed by atoms with Gasteiger partial charge in [0.15, 0.2) is 9.84 Å². The number of benzene rings is 2. The second kappa shape index (κ2) is 7.76. The summed E-state index contributed by atoms with van der Waals surface area (Å²) in [6, 6.07) is 12.4. The topological polar surface area (TPSA) is 140 Å². The molecule has 0 aliphatic carbocycles. The van der Waals surface area contributed by atoms with Crippen LogP contribution in [0.2, 0.25) is 0 Å². The van der Waals surface area contributed by atoms with Crippen molar-refractivity contribution in [2.75, 3.05) is 18.1 Å². The van der Waals surface area contributed by atoms with E-state index in [1.807, 2.05) is 0 Å². The molecule has 4 rings (SSSR count). The SMILES string of the molecule is CS(=O)(=O)c1ccc(Cc2nnc(NC(=O)CN3C(=O)c4ccccc4C3=O)o2)cc1. The van der Waals surface area contributed by atoms with Gasteiger partial charge in [-0.15, -0.1) is 5.10 Å². The van der Waals surface area contributed by atoms with Crippen molar-refractivity contribution in [3.63, 3.8) is 0 Å². The Hall–Kier alpha value is -3.86. The Morgan fingerprint density at radius 2 is 1.61 bits per heavy atom. The van der Waals surface area contributed by atoms with Crippen molar-refractivity contribution in [1.29, 1.82) is 0 Å². The molecule has 10 nitrogen and oxygen atoms in total. The van der Waals surface area contributed by atoms with E-state index in [1.54, 1.807) is 24.3 Å². The van der Waals surface area contributed by atoms with Crippen molar-refractivity contribution in [3.8, 4) is 0 Å². The highest BCUT2D eigenvalue weighted by atomic mass is 32.2. The normalized spacial score (nSPS) is 13.4. The number of anilines is 1. The third-order valence-corrected chi connectivity index (χ3v) is 5.73. The number of imide groups is 1. The minimum Gasteiger partial charge on any atom is -0.407 e. The second-order valence-corrected chi connectivity index (χ2v) is 8.90. The predicted molar refractivity (Wildman–Crippen MR) is 107 cm³/mol. The first kappa shape index (κ1) is 20.4. The van der Waals surface area contributed by atoms with Crippen LogP contribution in [0.4, 0.5) is 6.01 Å². The molecule has 3 aromatic rings. The lowest BCUT2D eigenvalue weighted by atomic mass is 10.1. The van der Waals surface area contributed by atoms with Crippen LogP contribution in [0, 0.1) is 0 Å². The molecular formula is C20H16N4O6S. The number of hydrogen-bond acceptors (Lipinski definition) is 8. The van der Waals surface area contributed by atoms with Gasteiger partial charge in [0.2, 0.25) is 11.8 Å². The maximum Gasteiger partial charge on any atom is 0.322 e. The number of fused-ring (bicyclic) bond motifs is 1. The van der Waals surface area contributed by atoms with Crippen LogP contribution in [0.25, 0.3) is 0 Å². The van der Waals surface area contributed by atoms with Gasteiger partial charge >= 0.3 is 6.01 Å². The Morgan fingerprint density at radius 3 is 2.19 bits per heavy atom. The maximum absolute atomic E-state index is 12.3. The van der Waals surface area contributed by atoms with Crippen molar-refractivity contribution in [2.24, 2.45) is 0 Å². The lowest BCUT2D eigenvalue weighted by Crippen LogP contribution is -2.37. The molecule has 0 saturated heterocycles. The first-order valence-electron chi connectivity index (χ1n) is 9.09. The number of carbonyl (C=O) groups excluding carboxylic acids is 3. The van der Waals surface area contributed by atoms with Crippen molar-refractivity contribution in [3.05, 3.63) is 71.1 Å². The number of sulfone groups is 1. The Balaban J connectivity index is 1.37. The molecule has 0 bridgehead atoms.